The van der Waals surface area contributed by atoms with Crippen LogP contribution in [0, 0.1) is 6.92 Å². The molecule has 6 nitrogen and oxygen atoms in total. The number of aliphatic imine (C=N–C) groups is 1. The molecule has 0 N–H and O–H groups in total. The smallest absolute Gasteiger partial charge is 0.333 e. The van der Waals surface area contributed by atoms with Crippen molar-refractivity contribution in [2.24, 2.45) is 12.0 Å². The van der Waals surface area contributed by atoms with E-state index in [-0.39, 0.29) is 5.41 Å². The molecule has 0 saturated carbocycles. The maximum absolute atomic E-state index is 11.6. The number of nitrogens with zero attached hydrogens (tertiary/aromatic N) is 3. The van der Waals surface area contributed by atoms with Gasteiger partial charge in [-0.1, -0.05) is 51.6 Å². The van der Waals surface area contributed by atoms with Crippen molar-refractivity contribution in [1.82, 2.24) is 9.78 Å². The van der Waals surface area contributed by atoms with E-state index in [1.165, 1.54) is 5.56 Å². The van der Waals surface area contributed by atoms with Gasteiger partial charge >= 0.3 is 5.97 Å². The van der Waals surface area contributed by atoms with E-state index in [1.54, 1.807) is 24.9 Å². The van der Waals surface area contributed by atoms with Gasteiger partial charge in [0.25, 0.3) is 0 Å². The summed E-state index contributed by atoms with van der Waals surface area (Å²) in [6, 6.07) is 10.2. The SMILES string of the molecule is C=CC(=O)OC(C)O/C(=C(/C=N\C)c1ccc(C(C)(C)C)cc1)c1cc(C)nn1C. The lowest BCUT2D eigenvalue weighted by Crippen LogP contribution is -2.18. The van der Waals surface area contributed by atoms with Crippen molar-refractivity contribution >= 4 is 23.5 Å². The monoisotopic (exact) mass is 409 g/mol. The lowest BCUT2D eigenvalue weighted by Gasteiger charge is -2.21. The minimum Gasteiger partial charge on any atom is -0.452 e. The standard InChI is InChI=1S/C24H31N3O3/c1-9-22(28)29-17(3)30-23(21-14-16(2)26-27(21)8)20(15-25-7)18-10-12-19(13-11-18)24(4,5)6/h9-15,17H,1H2,2-8H3/b23-20-,25-15-. The molecule has 0 bridgehead atoms. The van der Waals surface area contributed by atoms with E-state index in [0.29, 0.717) is 5.76 Å². The van der Waals surface area contributed by atoms with E-state index >= 15 is 0 Å². The topological polar surface area (TPSA) is 65.7 Å². The first kappa shape index (κ1) is 23.1. The highest BCUT2D eigenvalue weighted by Gasteiger charge is 2.21. The van der Waals surface area contributed by atoms with Crippen LogP contribution in [0.2, 0.25) is 0 Å². The molecule has 0 aliphatic heterocycles. The predicted octanol–water partition coefficient (Wildman–Crippen LogP) is 4.69. The zero-order valence-corrected chi connectivity index (χ0v) is 18.9. The molecule has 1 unspecified atom stereocenters. The molecular formula is C24H31N3O3. The van der Waals surface area contributed by atoms with E-state index in [2.05, 4.69) is 49.6 Å². The van der Waals surface area contributed by atoms with Crippen molar-refractivity contribution < 1.29 is 14.3 Å². The number of carbonyl (C=O) groups excluding carboxylic acids is 1. The fourth-order valence-electron chi connectivity index (χ4n) is 3.03. The Morgan fingerprint density at radius 2 is 1.87 bits per heavy atom. The molecule has 0 amide bonds. The lowest BCUT2D eigenvalue weighted by atomic mass is 9.86. The first-order chi connectivity index (χ1) is 14.1. The molecule has 1 heterocycles. The van der Waals surface area contributed by atoms with Gasteiger partial charge in [0, 0.05) is 38.9 Å². The molecule has 160 valence electrons. The summed E-state index contributed by atoms with van der Waals surface area (Å²) in [5.41, 5.74) is 4.58. The first-order valence-electron chi connectivity index (χ1n) is 9.85. The van der Waals surface area contributed by atoms with Gasteiger partial charge in [0.2, 0.25) is 6.29 Å². The summed E-state index contributed by atoms with van der Waals surface area (Å²) in [4.78, 5) is 15.9. The Kier molecular flexibility index (Phi) is 7.38. The highest BCUT2D eigenvalue weighted by atomic mass is 16.7. The molecular weight excluding hydrogens is 378 g/mol. The third-order valence-electron chi connectivity index (χ3n) is 4.53. The maximum atomic E-state index is 11.6. The van der Waals surface area contributed by atoms with Crippen LogP contribution >= 0.6 is 0 Å². The van der Waals surface area contributed by atoms with Crippen LogP contribution in [0.15, 0.2) is 48.0 Å². The molecule has 0 radical (unpaired) electrons. The Hall–Kier alpha value is -3.15. The van der Waals surface area contributed by atoms with Gasteiger partial charge < -0.3 is 9.47 Å². The molecule has 0 aliphatic rings. The highest BCUT2D eigenvalue weighted by molar-refractivity contribution is 6.18. The number of ether oxygens (including phenoxy) is 2. The van der Waals surface area contributed by atoms with E-state index in [1.807, 2.05) is 32.2 Å². The molecule has 30 heavy (non-hydrogen) atoms. The largest absolute Gasteiger partial charge is 0.452 e. The van der Waals surface area contributed by atoms with Gasteiger partial charge in [0.05, 0.1) is 5.69 Å². The third-order valence-corrected chi connectivity index (χ3v) is 4.53. The van der Waals surface area contributed by atoms with Crippen LogP contribution in [0.4, 0.5) is 0 Å². The maximum Gasteiger partial charge on any atom is 0.333 e. The van der Waals surface area contributed by atoms with Crippen molar-refractivity contribution in [3.05, 3.63) is 65.5 Å². The van der Waals surface area contributed by atoms with E-state index in [0.717, 1.165) is 28.6 Å². The molecule has 1 atom stereocenters. The Bertz CT molecular complexity index is 961. The van der Waals surface area contributed by atoms with Crippen LogP contribution in [0.25, 0.3) is 11.3 Å². The van der Waals surface area contributed by atoms with E-state index in [4.69, 9.17) is 9.47 Å². The molecule has 1 aromatic heterocycles. The number of aromatic nitrogens is 2. The summed E-state index contributed by atoms with van der Waals surface area (Å²) in [6.45, 7) is 13.5. The number of esters is 1. The number of hydrogen-bond donors (Lipinski definition) is 0. The minimum atomic E-state index is -0.824. The van der Waals surface area contributed by atoms with Crippen LogP contribution in [-0.4, -0.2) is 35.3 Å². The number of allylic oxidation sites excluding steroid dienone is 1. The van der Waals surface area contributed by atoms with Crippen LogP contribution in [-0.2, 0) is 26.7 Å². The average Bonchev–Trinajstić information content (AvgIpc) is 3.01. The second-order valence-electron chi connectivity index (χ2n) is 8.08. The van der Waals surface area contributed by atoms with Gasteiger partial charge in [0.1, 0.15) is 5.69 Å². The molecule has 1 aromatic carbocycles. The van der Waals surface area contributed by atoms with Gasteiger partial charge in [-0.05, 0) is 29.5 Å². The molecule has 2 rings (SSSR count). The van der Waals surface area contributed by atoms with Gasteiger partial charge in [-0.3, -0.25) is 9.67 Å². The Balaban J connectivity index is 2.63. The fraction of sp³-hybridized carbons (Fsp3) is 0.375. The zero-order valence-electron chi connectivity index (χ0n) is 18.9. The van der Waals surface area contributed by atoms with E-state index in [9.17, 15) is 4.79 Å². The van der Waals surface area contributed by atoms with Crippen LogP contribution in [0.1, 0.15) is 50.2 Å². The van der Waals surface area contributed by atoms with Gasteiger partial charge in [0.15, 0.2) is 5.76 Å². The van der Waals surface area contributed by atoms with Gasteiger partial charge in [-0.15, -0.1) is 0 Å². The molecule has 6 heteroatoms. The first-order valence-corrected chi connectivity index (χ1v) is 9.85. The van der Waals surface area contributed by atoms with E-state index < -0.39 is 12.3 Å². The summed E-state index contributed by atoms with van der Waals surface area (Å²) in [5, 5.41) is 4.43. The number of aryl methyl sites for hydroxylation is 2. The summed E-state index contributed by atoms with van der Waals surface area (Å²) in [7, 11) is 3.55. The van der Waals surface area contributed by atoms with Crippen LogP contribution in [0.3, 0.4) is 0 Å². The average molecular weight is 410 g/mol. The predicted molar refractivity (Wildman–Crippen MR) is 121 cm³/mol. The number of hydrogen-bond acceptors (Lipinski definition) is 5. The van der Waals surface area contributed by atoms with Crippen molar-refractivity contribution in [2.45, 2.75) is 46.3 Å². The van der Waals surface area contributed by atoms with Crippen molar-refractivity contribution in [1.29, 1.82) is 0 Å². The van der Waals surface area contributed by atoms with Gasteiger partial charge in [-0.25, -0.2) is 4.79 Å². The number of rotatable bonds is 7. The van der Waals surface area contributed by atoms with Gasteiger partial charge in [-0.2, -0.15) is 5.10 Å². The summed E-state index contributed by atoms with van der Waals surface area (Å²) in [5.74, 6) is -0.0279. The Morgan fingerprint density at radius 1 is 1.23 bits per heavy atom. The normalized spacial score (nSPS) is 13.7. The number of benzene rings is 1. The molecule has 2 aromatic rings. The summed E-state index contributed by atoms with van der Waals surface area (Å²) in [6.07, 6.45) is 2.03. The van der Waals surface area contributed by atoms with Crippen LogP contribution < -0.4 is 0 Å². The molecule has 0 spiro atoms. The van der Waals surface area contributed by atoms with Crippen LogP contribution in [0.5, 0.6) is 0 Å². The molecule has 0 fully saturated rings. The zero-order chi connectivity index (χ0) is 22.5. The second-order valence-corrected chi connectivity index (χ2v) is 8.08. The Labute approximate surface area is 178 Å². The molecule has 0 saturated heterocycles. The quantitative estimate of drug-likeness (QED) is 0.219. The minimum absolute atomic E-state index is 0.0487. The number of carbonyl (C=O) groups is 1. The fourth-order valence-corrected chi connectivity index (χ4v) is 3.03. The molecule has 0 aliphatic carbocycles. The summed E-state index contributed by atoms with van der Waals surface area (Å²) < 4.78 is 13.1. The highest BCUT2D eigenvalue weighted by Crippen LogP contribution is 2.30. The second kappa shape index (κ2) is 9.57. The summed E-state index contributed by atoms with van der Waals surface area (Å²) >= 11 is 0. The van der Waals surface area contributed by atoms with Crippen molar-refractivity contribution in [3.8, 4) is 0 Å². The lowest BCUT2D eigenvalue weighted by molar-refractivity contribution is -0.157. The third kappa shape index (κ3) is 5.69. The van der Waals surface area contributed by atoms with Crippen molar-refractivity contribution in [2.75, 3.05) is 7.05 Å². The Morgan fingerprint density at radius 3 is 2.33 bits per heavy atom. The van der Waals surface area contributed by atoms with Crippen molar-refractivity contribution in [3.63, 3.8) is 0 Å².